The molecule has 9 aromatic rings. The first kappa shape index (κ1) is 79.3. The molecule has 1 aliphatic rings. The summed E-state index contributed by atoms with van der Waals surface area (Å²) >= 11 is 10.1. The Labute approximate surface area is 602 Å². The van der Waals surface area contributed by atoms with E-state index in [1.807, 2.05) is 72.8 Å². The highest BCUT2D eigenvalue weighted by Gasteiger charge is 2.31. The fourth-order valence-electron chi connectivity index (χ4n) is 9.52. The summed E-state index contributed by atoms with van der Waals surface area (Å²) in [6.07, 6.45) is 9.92. The molecular formula is C62H75Br3N15O18P3. The van der Waals surface area contributed by atoms with E-state index in [-0.39, 0.29) is 169 Å². The van der Waals surface area contributed by atoms with Crippen LogP contribution in [-0.2, 0) is 109 Å². The number of nitrogens with zero attached hydrogens (tertiary/aromatic N) is 9. The van der Waals surface area contributed by atoms with Crippen molar-refractivity contribution in [3.8, 4) is 0 Å². The number of allylic oxidation sites excluding steroid dienone is 1. The van der Waals surface area contributed by atoms with Crippen molar-refractivity contribution in [1.82, 2.24) is 58.6 Å². The van der Waals surface area contributed by atoms with Crippen LogP contribution >= 0.6 is 70.6 Å². The van der Waals surface area contributed by atoms with Crippen LogP contribution in [0.2, 0.25) is 0 Å². The number of aromatic amines is 3. The topological polar surface area (TPSA) is 454 Å². The molecule has 0 radical (unpaired) electrons. The Kier molecular flexibility index (Phi) is 30.5. The average Bonchev–Trinajstić information content (AvgIpc) is 1.69. The molecule has 0 bridgehead atoms. The second-order valence-electron chi connectivity index (χ2n) is 22.4. The van der Waals surface area contributed by atoms with Crippen LogP contribution in [0.4, 0.5) is 17.8 Å². The molecule has 9 N–H and O–H groups in total. The number of hydrogen-bond donors (Lipinski definition) is 6. The Bertz CT molecular complexity index is 4660. The van der Waals surface area contributed by atoms with Crippen molar-refractivity contribution >= 4 is 139 Å². The van der Waals surface area contributed by atoms with Gasteiger partial charge in [-0.05, 0) is 65.9 Å². The van der Waals surface area contributed by atoms with Gasteiger partial charge in [0.1, 0.15) is 38.9 Å². The third-order valence-electron chi connectivity index (χ3n) is 14.7. The summed E-state index contributed by atoms with van der Waals surface area (Å²) in [7, 11) is -11.2. The molecule has 0 spiro atoms. The number of carbonyl (C=O) groups excluding carboxylic acids is 3. The number of Topliss-reactive ketones (excluding diaryl/α,β-unsaturated/α-hetero) is 3. The van der Waals surface area contributed by atoms with Crippen LogP contribution in [0, 0.1) is 5.92 Å². The summed E-state index contributed by atoms with van der Waals surface area (Å²) in [6.45, 7) is 5.39. The molecule has 6 heterocycles. The minimum atomic E-state index is -3.76. The lowest BCUT2D eigenvalue weighted by Crippen LogP contribution is -2.22. The molecule has 101 heavy (non-hydrogen) atoms. The zero-order valence-electron chi connectivity index (χ0n) is 54.7. The van der Waals surface area contributed by atoms with Crippen molar-refractivity contribution in [1.29, 1.82) is 0 Å². The fourth-order valence-corrected chi connectivity index (χ4v) is 14.6. The Balaban J connectivity index is 0.000000193. The van der Waals surface area contributed by atoms with Gasteiger partial charge in [0.05, 0.1) is 58.6 Å². The minimum absolute atomic E-state index is 0.00780. The number of halogens is 3. The van der Waals surface area contributed by atoms with E-state index in [9.17, 15) is 42.5 Å². The minimum Gasteiger partial charge on any atom is -0.369 e. The van der Waals surface area contributed by atoms with E-state index in [1.54, 1.807) is 20.6 Å². The molecule has 1 fully saturated rings. The van der Waals surface area contributed by atoms with Crippen LogP contribution in [-0.4, -0.2) is 135 Å². The third kappa shape index (κ3) is 24.9. The molecule has 33 nitrogen and oxygen atoms in total. The summed E-state index contributed by atoms with van der Waals surface area (Å²) in [6, 6.07) is 22.0. The molecule has 1 aliphatic carbocycles. The van der Waals surface area contributed by atoms with Crippen molar-refractivity contribution < 1.29 is 69.4 Å². The highest BCUT2D eigenvalue weighted by Crippen LogP contribution is 2.51. The Morgan fingerprint density at radius 2 is 0.881 bits per heavy atom. The molecule has 6 aromatic heterocycles. The van der Waals surface area contributed by atoms with Crippen molar-refractivity contribution in [2.45, 2.75) is 91.3 Å². The quantitative estimate of drug-likeness (QED) is 0.0120. The molecule has 3 aromatic carbocycles. The number of carbonyl (C=O) groups is 3. The van der Waals surface area contributed by atoms with Gasteiger partial charge in [-0.25, -0.2) is 15.0 Å². The zero-order chi connectivity index (χ0) is 72.5. The predicted octanol–water partition coefficient (Wildman–Crippen LogP) is 9.87. The number of anilines is 3. The summed E-state index contributed by atoms with van der Waals surface area (Å²) in [5, 5.41) is 0. The molecule has 542 valence electrons. The van der Waals surface area contributed by atoms with Gasteiger partial charge in [0.15, 0.2) is 50.8 Å². The number of nitrogen functional groups attached to an aromatic ring is 3. The van der Waals surface area contributed by atoms with Gasteiger partial charge in [-0.3, -0.25) is 71.0 Å². The van der Waals surface area contributed by atoms with Crippen LogP contribution < -0.4 is 33.9 Å². The number of nitrogens with two attached hydrogens (primary N) is 3. The third-order valence-corrected chi connectivity index (χ3v) is 20.8. The van der Waals surface area contributed by atoms with Gasteiger partial charge in [0.2, 0.25) is 17.8 Å². The van der Waals surface area contributed by atoms with Gasteiger partial charge < -0.3 is 58.7 Å². The van der Waals surface area contributed by atoms with Gasteiger partial charge in [-0.1, -0.05) is 116 Å². The van der Waals surface area contributed by atoms with E-state index in [1.165, 1.54) is 25.1 Å². The van der Waals surface area contributed by atoms with Gasteiger partial charge in [0.25, 0.3) is 16.7 Å². The summed E-state index contributed by atoms with van der Waals surface area (Å²) in [4.78, 5) is 103. The highest BCUT2D eigenvalue weighted by atomic mass is 79.9. The normalized spacial score (nSPS) is 14.3. The van der Waals surface area contributed by atoms with Gasteiger partial charge in [-0.2, -0.15) is 15.0 Å². The van der Waals surface area contributed by atoms with Crippen molar-refractivity contribution in [3.63, 3.8) is 0 Å². The Hall–Kier alpha value is -7.37. The van der Waals surface area contributed by atoms with Gasteiger partial charge in [-0.15, -0.1) is 6.58 Å². The molecule has 3 unspecified atom stereocenters. The lowest BCUT2D eigenvalue weighted by atomic mass is 9.86. The first-order valence-corrected chi connectivity index (χ1v) is 38.9. The lowest BCUT2D eigenvalue weighted by Gasteiger charge is -2.22. The SMILES string of the molecule is C=CCC(=O)COP(=O)(COCCn1cnc2c(=O)[nH]c(N)nc21)OCc1cccc(Br)c1.CCC(=O)COP(=O)(COCCn1cnc2c(=O)[nH]c(N)nc21)OCc1cccc(Br)c1.Nc1nc2c(ncn2CCOCP(=O)(OCC(=O)C2CCCCC2)OCc2cccc(Br)c2)c(=O)[nH]1. The summed E-state index contributed by atoms with van der Waals surface area (Å²) in [5.41, 5.74) is 19.2. The van der Waals surface area contributed by atoms with E-state index in [0.29, 0.717) is 16.9 Å². The van der Waals surface area contributed by atoms with E-state index in [2.05, 4.69) is 99.2 Å². The van der Waals surface area contributed by atoms with E-state index in [4.69, 9.17) is 58.6 Å². The number of nitrogens with one attached hydrogen (secondary N) is 3. The average molecular weight is 1650 g/mol. The van der Waals surface area contributed by atoms with Crippen molar-refractivity contribution in [2.75, 3.05) is 75.9 Å². The zero-order valence-corrected chi connectivity index (χ0v) is 62.1. The second kappa shape index (κ2) is 38.8. The van der Waals surface area contributed by atoms with Crippen LogP contribution in [0.5, 0.6) is 0 Å². The van der Waals surface area contributed by atoms with Crippen LogP contribution in [0.3, 0.4) is 0 Å². The van der Waals surface area contributed by atoms with Crippen molar-refractivity contribution in [2.24, 2.45) is 5.92 Å². The highest BCUT2D eigenvalue weighted by molar-refractivity contribution is 9.11. The predicted molar refractivity (Wildman–Crippen MR) is 384 cm³/mol. The molecular weight excluding hydrogens is 1580 g/mol. The number of ether oxygens (including phenoxy) is 3. The summed E-state index contributed by atoms with van der Waals surface area (Å²) < 4.78 is 96.9. The first-order valence-electron chi connectivity index (χ1n) is 31.3. The number of aromatic nitrogens is 12. The number of rotatable bonds is 37. The molecule has 3 atom stereocenters. The first-order chi connectivity index (χ1) is 48.4. The van der Waals surface area contributed by atoms with Crippen molar-refractivity contribution in [3.05, 3.63) is 166 Å². The number of fused-ring (bicyclic) bond motifs is 3. The fraction of sp³-hybridized carbons (Fsp3) is 0.387. The molecule has 10 rings (SSSR count). The smallest absolute Gasteiger partial charge is 0.356 e. The maximum absolute atomic E-state index is 13.5. The van der Waals surface area contributed by atoms with E-state index >= 15 is 0 Å². The Morgan fingerprint density at radius 1 is 0.535 bits per heavy atom. The second-order valence-corrected chi connectivity index (χ2v) is 31.1. The molecule has 39 heteroatoms. The molecule has 0 amide bonds. The largest absolute Gasteiger partial charge is 0.369 e. The number of ketones is 3. The summed E-state index contributed by atoms with van der Waals surface area (Å²) in [5.74, 6) is -0.667. The number of H-pyrrole nitrogens is 3. The van der Waals surface area contributed by atoms with E-state index < -0.39 is 39.5 Å². The van der Waals surface area contributed by atoms with E-state index in [0.717, 1.165) is 62.2 Å². The molecule has 1 saturated carbocycles. The molecule has 0 aliphatic heterocycles. The monoisotopic (exact) mass is 1650 g/mol. The number of benzene rings is 3. The van der Waals surface area contributed by atoms with Gasteiger partial charge in [0, 0.05) is 51.8 Å². The van der Waals surface area contributed by atoms with Gasteiger partial charge >= 0.3 is 22.8 Å². The number of hydrogen-bond acceptors (Lipinski definition) is 27. The maximum atomic E-state index is 13.5. The van der Waals surface area contributed by atoms with Crippen LogP contribution in [0.25, 0.3) is 33.5 Å². The van der Waals surface area contributed by atoms with Crippen LogP contribution in [0.15, 0.2) is 132 Å². The standard InChI is InChI=1S/C23H29BrN5O6P.C20H23BrN5O6P.C19H23BrN5O6P/c24-18-8-4-5-16(11-18)12-34-36(32,35-13-19(30)17-6-2-1-3-7-17)15-33-10-9-29-14-26-20-21(29)27-23(25)28-22(20)31;1-2-4-16(27)11-32-33(29,31-10-14-5-3-6-15(21)9-14)13-30-8-7-26-12-23-17-18(26)24-20(22)25-19(17)28;1-2-15(26)10-31-32(28,30-9-13-4-3-5-14(20)8-13)12-29-7-6-25-11-22-16-17(25)23-19(21)24-18(16)27/h4-5,8,11,14,17H,1-3,6-7,9-10,12-13,15H2,(H3,25,27,28,31);2-3,5-6,9,12H,1,4,7-8,10-11,13H2,(H3,22,24,25,28);3-5,8,11H,2,6-7,9-10,12H2,1H3,(H3,21,23,24,27). The maximum Gasteiger partial charge on any atom is 0.356 e. The lowest BCUT2D eigenvalue weighted by molar-refractivity contribution is -0.126. The number of imidazole rings is 3. The Morgan fingerprint density at radius 3 is 1.22 bits per heavy atom. The van der Waals surface area contributed by atoms with Crippen LogP contribution in [0.1, 0.15) is 68.6 Å². The molecule has 0 saturated heterocycles.